The molecule has 0 aliphatic heterocycles. The van der Waals surface area contributed by atoms with Crippen LogP contribution >= 0.6 is 0 Å². The minimum Gasteiger partial charge on any atom is -0.437 e. The van der Waals surface area contributed by atoms with Gasteiger partial charge in [-0.2, -0.15) is 0 Å². The first kappa shape index (κ1) is 16.9. The number of furan rings is 1. The highest BCUT2D eigenvalue weighted by molar-refractivity contribution is 6.08. The summed E-state index contributed by atoms with van der Waals surface area (Å²) in [4.78, 5) is 18.4. The van der Waals surface area contributed by atoms with Crippen molar-refractivity contribution >= 4 is 33.2 Å². The van der Waals surface area contributed by atoms with Crippen molar-refractivity contribution in [3.05, 3.63) is 48.0 Å². The molecule has 0 aliphatic carbocycles. The topological polar surface area (TPSA) is 69.6 Å². The van der Waals surface area contributed by atoms with E-state index >= 15 is 0 Å². The van der Waals surface area contributed by atoms with Gasteiger partial charge in [-0.3, -0.25) is 0 Å². The predicted octanol–water partition coefficient (Wildman–Crippen LogP) is 5.16. The number of nitrogens with zero attached hydrogens (tertiary/aromatic N) is 5. The van der Waals surface area contributed by atoms with E-state index < -0.39 is 0 Å². The molecule has 0 N–H and O–H groups in total. The Morgan fingerprint density at radius 1 is 0.929 bits per heavy atom. The Morgan fingerprint density at radius 2 is 1.75 bits per heavy atom. The number of hydrogen-bond donors (Lipinski definition) is 0. The summed E-state index contributed by atoms with van der Waals surface area (Å²) in [5, 5.41) is 2.05. The zero-order valence-corrected chi connectivity index (χ0v) is 16.6. The monoisotopic (exact) mass is 371 g/mol. The van der Waals surface area contributed by atoms with E-state index in [1.165, 1.54) is 0 Å². The minimum absolute atomic E-state index is 0.203. The number of pyridine rings is 1. The van der Waals surface area contributed by atoms with Gasteiger partial charge in [-0.15, -0.1) is 0 Å². The molecule has 5 rings (SSSR count). The molecular weight excluding hydrogens is 350 g/mol. The van der Waals surface area contributed by atoms with E-state index in [9.17, 15) is 0 Å². The van der Waals surface area contributed by atoms with Crippen LogP contribution in [0.1, 0.15) is 32.3 Å². The van der Waals surface area contributed by atoms with Gasteiger partial charge in [-0.25, -0.2) is 19.9 Å². The number of para-hydroxylation sites is 1. The van der Waals surface area contributed by atoms with Crippen LogP contribution in [-0.2, 0) is 5.54 Å². The molecule has 0 saturated heterocycles. The highest BCUT2D eigenvalue weighted by Crippen LogP contribution is 2.37. The van der Waals surface area contributed by atoms with Gasteiger partial charge in [0, 0.05) is 22.0 Å². The number of benzene rings is 1. The lowest BCUT2D eigenvalue weighted by Crippen LogP contribution is -2.22. The molecule has 5 aromatic rings. The van der Waals surface area contributed by atoms with Crippen LogP contribution in [0, 0.1) is 13.8 Å². The van der Waals surface area contributed by atoms with Crippen LogP contribution in [0.25, 0.3) is 44.6 Å². The molecular formula is C22H21N5O. The second kappa shape index (κ2) is 5.61. The van der Waals surface area contributed by atoms with E-state index in [4.69, 9.17) is 9.40 Å². The number of rotatable bonds is 1. The van der Waals surface area contributed by atoms with Crippen LogP contribution in [0.4, 0.5) is 0 Å². The van der Waals surface area contributed by atoms with Crippen LogP contribution in [-0.4, -0.2) is 24.5 Å². The van der Waals surface area contributed by atoms with E-state index in [1.807, 2.05) is 38.2 Å². The molecule has 4 aromatic heterocycles. The van der Waals surface area contributed by atoms with Crippen molar-refractivity contribution in [2.24, 2.45) is 0 Å². The highest BCUT2D eigenvalue weighted by atomic mass is 16.3. The molecule has 0 fully saturated rings. The Bertz CT molecular complexity index is 1370. The number of aromatic nitrogens is 5. The number of imidazole rings is 1. The Labute approximate surface area is 162 Å². The summed E-state index contributed by atoms with van der Waals surface area (Å²) in [6.45, 7) is 10.3. The van der Waals surface area contributed by atoms with Gasteiger partial charge in [0.1, 0.15) is 22.7 Å². The quantitative estimate of drug-likeness (QED) is 0.407. The molecule has 0 atom stereocenters. The van der Waals surface area contributed by atoms with Crippen molar-refractivity contribution in [2.45, 2.75) is 40.2 Å². The van der Waals surface area contributed by atoms with Crippen molar-refractivity contribution < 1.29 is 4.42 Å². The molecule has 140 valence electrons. The highest BCUT2D eigenvalue weighted by Gasteiger charge is 2.25. The number of fused-ring (bicyclic) bond motifs is 4. The van der Waals surface area contributed by atoms with Gasteiger partial charge in [0.15, 0.2) is 5.65 Å². The summed E-state index contributed by atoms with van der Waals surface area (Å²) in [6.07, 6.45) is 1.85. The van der Waals surface area contributed by atoms with Gasteiger partial charge < -0.3 is 8.98 Å². The molecule has 0 amide bonds. The molecule has 0 unspecified atom stereocenters. The van der Waals surface area contributed by atoms with Gasteiger partial charge in [-0.1, -0.05) is 12.1 Å². The fourth-order valence-corrected chi connectivity index (χ4v) is 3.76. The van der Waals surface area contributed by atoms with E-state index in [2.05, 4.69) is 52.4 Å². The molecule has 0 spiro atoms. The Kier molecular flexibility index (Phi) is 3.38. The van der Waals surface area contributed by atoms with Crippen molar-refractivity contribution in [2.75, 3.05) is 0 Å². The Balaban J connectivity index is 1.90. The van der Waals surface area contributed by atoms with E-state index in [1.54, 1.807) is 0 Å². The smallest absolute Gasteiger partial charge is 0.227 e. The summed E-state index contributed by atoms with van der Waals surface area (Å²) in [5.74, 6) is 1.53. The first-order chi connectivity index (χ1) is 13.3. The normalized spacial score (nSPS) is 12.5. The summed E-state index contributed by atoms with van der Waals surface area (Å²) in [6, 6.07) is 10.2. The summed E-state index contributed by atoms with van der Waals surface area (Å²) < 4.78 is 8.39. The average Bonchev–Trinajstić information content (AvgIpc) is 3.18. The Hall–Kier alpha value is -3.28. The first-order valence-corrected chi connectivity index (χ1v) is 9.35. The maximum atomic E-state index is 6.21. The lowest BCUT2D eigenvalue weighted by Gasteiger charge is -2.24. The van der Waals surface area contributed by atoms with E-state index in [0.717, 1.165) is 39.0 Å². The molecule has 4 heterocycles. The van der Waals surface area contributed by atoms with Crippen LogP contribution in [0.3, 0.4) is 0 Å². The number of hydrogen-bond acceptors (Lipinski definition) is 5. The first-order valence-electron chi connectivity index (χ1n) is 9.35. The molecule has 0 bridgehead atoms. The van der Waals surface area contributed by atoms with Gasteiger partial charge in [0.2, 0.25) is 5.71 Å². The summed E-state index contributed by atoms with van der Waals surface area (Å²) >= 11 is 0. The van der Waals surface area contributed by atoms with Crippen molar-refractivity contribution in [1.29, 1.82) is 0 Å². The van der Waals surface area contributed by atoms with Crippen molar-refractivity contribution in [3.63, 3.8) is 0 Å². The minimum atomic E-state index is -0.203. The zero-order valence-electron chi connectivity index (χ0n) is 16.6. The van der Waals surface area contributed by atoms with Crippen LogP contribution < -0.4 is 0 Å². The zero-order chi connectivity index (χ0) is 19.6. The third-order valence-corrected chi connectivity index (χ3v) is 4.95. The van der Waals surface area contributed by atoms with Crippen molar-refractivity contribution in [1.82, 2.24) is 24.5 Å². The molecule has 6 nitrogen and oxygen atoms in total. The lowest BCUT2D eigenvalue weighted by atomic mass is 10.1. The standard InChI is InChI=1S/C22H21N5O/c1-12-9-10-15-14-7-6-8-16(18(14)28-21(15)24-12)20-26-19-17(11-23-13(2)25-19)27(20)22(3,4)5/h6-11H,1-5H3. The molecule has 0 aliphatic rings. The molecule has 28 heavy (non-hydrogen) atoms. The Morgan fingerprint density at radius 3 is 2.54 bits per heavy atom. The van der Waals surface area contributed by atoms with Crippen LogP contribution in [0.15, 0.2) is 40.9 Å². The number of aryl methyl sites for hydroxylation is 2. The molecule has 0 radical (unpaired) electrons. The lowest BCUT2D eigenvalue weighted by molar-refractivity contribution is 0.412. The third-order valence-electron chi connectivity index (χ3n) is 4.95. The fraction of sp³-hybridized carbons (Fsp3) is 0.273. The third kappa shape index (κ3) is 2.41. The van der Waals surface area contributed by atoms with Crippen LogP contribution in [0.5, 0.6) is 0 Å². The van der Waals surface area contributed by atoms with E-state index in [-0.39, 0.29) is 5.54 Å². The summed E-state index contributed by atoms with van der Waals surface area (Å²) in [5.41, 5.74) is 4.71. The summed E-state index contributed by atoms with van der Waals surface area (Å²) in [7, 11) is 0. The molecule has 1 aromatic carbocycles. The molecule has 0 saturated carbocycles. The average molecular weight is 371 g/mol. The largest absolute Gasteiger partial charge is 0.437 e. The van der Waals surface area contributed by atoms with Gasteiger partial charge >= 0.3 is 0 Å². The van der Waals surface area contributed by atoms with Crippen LogP contribution in [0.2, 0.25) is 0 Å². The molecule has 6 heteroatoms. The second-order valence-electron chi connectivity index (χ2n) is 8.16. The van der Waals surface area contributed by atoms with Gasteiger partial charge in [0.05, 0.1) is 11.8 Å². The van der Waals surface area contributed by atoms with E-state index in [0.29, 0.717) is 17.2 Å². The maximum Gasteiger partial charge on any atom is 0.227 e. The van der Waals surface area contributed by atoms with Gasteiger partial charge in [-0.05, 0) is 52.8 Å². The predicted molar refractivity (Wildman–Crippen MR) is 110 cm³/mol. The fourth-order valence-electron chi connectivity index (χ4n) is 3.76. The maximum absolute atomic E-state index is 6.21. The second-order valence-corrected chi connectivity index (χ2v) is 8.16. The van der Waals surface area contributed by atoms with Crippen molar-refractivity contribution in [3.8, 4) is 11.4 Å². The van der Waals surface area contributed by atoms with Gasteiger partial charge in [0.25, 0.3) is 0 Å². The SMILES string of the molecule is Cc1ccc2c(n1)oc1c(-c3nc4nc(C)ncc4n3C(C)(C)C)cccc12.